The van der Waals surface area contributed by atoms with Crippen LogP contribution in [0, 0.1) is 17.0 Å². The number of carbonyl (C=O) groups is 2. The molecule has 1 aliphatic rings. The average Bonchev–Trinajstić information content (AvgIpc) is 3.44. The quantitative estimate of drug-likeness (QED) is 0.264. The normalized spacial score (nSPS) is 13.8. The zero-order valence-electron chi connectivity index (χ0n) is 20.6. The van der Waals surface area contributed by atoms with Gasteiger partial charge >= 0.3 is 0 Å². The summed E-state index contributed by atoms with van der Waals surface area (Å²) in [5.74, 6) is -2.23. The van der Waals surface area contributed by atoms with E-state index in [4.69, 9.17) is 10.5 Å². The van der Waals surface area contributed by atoms with Crippen molar-refractivity contribution in [2.45, 2.75) is 12.8 Å². The van der Waals surface area contributed by atoms with Gasteiger partial charge in [-0.15, -0.1) is 11.3 Å². The van der Waals surface area contributed by atoms with Crippen molar-refractivity contribution in [3.8, 4) is 22.1 Å². The third kappa shape index (κ3) is 4.40. The molecule has 0 spiro atoms. The summed E-state index contributed by atoms with van der Waals surface area (Å²) in [7, 11) is 1.88. The van der Waals surface area contributed by atoms with E-state index in [-0.39, 0.29) is 17.1 Å². The minimum Gasteiger partial charge on any atom is -0.453 e. The summed E-state index contributed by atoms with van der Waals surface area (Å²) in [4.78, 5) is 36.4. The second-order valence-electron chi connectivity index (χ2n) is 9.34. The first-order valence-corrected chi connectivity index (χ1v) is 12.8. The number of aryl methyl sites for hydroxylation is 1. The first kappa shape index (κ1) is 24.7. The van der Waals surface area contributed by atoms with Gasteiger partial charge in [-0.25, -0.2) is 13.8 Å². The van der Waals surface area contributed by atoms with Crippen LogP contribution >= 0.6 is 11.3 Å². The Labute approximate surface area is 225 Å². The number of carbonyl (C=O) groups excluding carboxylic acids is 2. The summed E-state index contributed by atoms with van der Waals surface area (Å²) in [6, 6.07) is 12.7. The second kappa shape index (κ2) is 9.28. The number of anilines is 2. The fourth-order valence-electron chi connectivity index (χ4n) is 4.37. The first-order chi connectivity index (χ1) is 18.7. The summed E-state index contributed by atoms with van der Waals surface area (Å²) in [6.07, 6.45) is 5.76. The SMILES string of the molecule is Cn1cnc(-c2cc3nccc(Oc4ccc(N(C(=O)C5(C(N)=O)CC5)c5ccc(F)cc5)cc4F)c3s2)c1. The number of benzene rings is 2. The molecule has 0 atom stereocenters. The van der Waals surface area contributed by atoms with Crippen molar-refractivity contribution < 1.29 is 23.1 Å². The van der Waals surface area contributed by atoms with Gasteiger partial charge in [-0.2, -0.15) is 0 Å². The van der Waals surface area contributed by atoms with E-state index in [9.17, 15) is 14.0 Å². The van der Waals surface area contributed by atoms with Crippen LogP contribution in [0.1, 0.15) is 12.8 Å². The highest BCUT2D eigenvalue weighted by Crippen LogP contribution is 2.49. The van der Waals surface area contributed by atoms with E-state index in [1.54, 1.807) is 18.6 Å². The molecule has 0 unspecified atom stereocenters. The molecule has 1 aliphatic carbocycles. The van der Waals surface area contributed by atoms with E-state index < -0.39 is 28.9 Å². The van der Waals surface area contributed by atoms with Crippen LogP contribution in [0.5, 0.6) is 11.5 Å². The molecule has 39 heavy (non-hydrogen) atoms. The number of fused-ring (bicyclic) bond motifs is 1. The average molecular weight is 546 g/mol. The van der Waals surface area contributed by atoms with Crippen LogP contribution in [0.15, 0.2) is 73.3 Å². The number of nitrogens with zero attached hydrogens (tertiary/aromatic N) is 4. The van der Waals surface area contributed by atoms with Crippen molar-refractivity contribution in [2.75, 3.05) is 4.90 Å². The maximum Gasteiger partial charge on any atom is 0.247 e. The zero-order chi connectivity index (χ0) is 27.3. The highest BCUT2D eigenvalue weighted by atomic mass is 32.1. The van der Waals surface area contributed by atoms with E-state index in [0.29, 0.717) is 24.1 Å². The maximum absolute atomic E-state index is 15.4. The lowest BCUT2D eigenvalue weighted by molar-refractivity contribution is -0.133. The fraction of sp³-hybridized carbons (Fsp3) is 0.143. The molecule has 6 rings (SSSR count). The van der Waals surface area contributed by atoms with Crippen molar-refractivity contribution in [3.05, 3.63) is 85.0 Å². The summed E-state index contributed by atoms with van der Waals surface area (Å²) < 4.78 is 37.6. The van der Waals surface area contributed by atoms with Gasteiger partial charge in [0.25, 0.3) is 0 Å². The van der Waals surface area contributed by atoms with Crippen LogP contribution in [0.25, 0.3) is 20.8 Å². The maximum atomic E-state index is 15.4. The Balaban J connectivity index is 1.35. The summed E-state index contributed by atoms with van der Waals surface area (Å²) >= 11 is 1.43. The number of rotatable bonds is 7. The molecule has 5 aromatic rings. The molecule has 3 heterocycles. The van der Waals surface area contributed by atoms with E-state index in [1.807, 2.05) is 23.9 Å². The molecule has 8 nitrogen and oxygen atoms in total. The smallest absolute Gasteiger partial charge is 0.247 e. The van der Waals surface area contributed by atoms with Gasteiger partial charge in [0.15, 0.2) is 11.6 Å². The van der Waals surface area contributed by atoms with Crippen molar-refractivity contribution in [3.63, 3.8) is 0 Å². The number of imidazole rings is 1. The number of hydrogen-bond acceptors (Lipinski definition) is 6. The minimum atomic E-state index is -1.37. The van der Waals surface area contributed by atoms with Crippen molar-refractivity contribution in [2.24, 2.45) is 18.2 Å². The number of pyridine rings is 1. The molecule has 0 saturated heterocycles. The standard InChI is InChI=1S/C28H21F2N5O3S/c1-34-14-21(33-15-34)24-13-20-25(39-24)23(8-11-32-20)38-22-7-6-18(12-19(22)30)35(17-4-2-16(29)3-5-17)27(37)28(9-10-28)26(31)36/h2-8,11-15H,9-10H2,1H3,(H2,31,36). The molecule has 11 heteroatoms. The first-order valence-electron chi connectivity index (χ1n) is 12.0. The lowest BCUT2D eigenvalue weighted by Gasteiger charge is -2.26. The molecule has 1 fully saturated rings. The Morgan fingerprint density at radius 1 is 1.03 bits per heavy atom. The molecule has 0 bridgehead atoms. The number of hydrogen-bond donors (Lipinski definition) is 1. The van der Waals surface area contributed by atoms with Gasteiger partial charge < -0.3 is 15.0 Å². The number of ether oxygens (including phenoxy) is 1. The van der Waals surface area contributed by atoms with Gasteiger partial charge in [-0.1, -0.05) is 0 Å². The topological polar surface area (TPSA) is 103 Å². The van der Waals surface area contributed by atoms with Crippen LogP contribution in [0.4, 0.5) is 20.2 Å². The number of amides is 2. The summed E-state index contributed by atoms with van der Waals surface area (Å²) in [6.45, 7) is 0. The number of primary amides is 1. The third-order valence-electron chi connectivity index (χ3n) is 6.65. The Kier molecular flexibility index (Phi) is 5.87. The monoisotopic (exact) mass is 545 g/mol. The lowest BCUT2D eigenvalue weighted by Crippen LogP contribution is -2.41. The van der Waals surface area contributed by atoms with Crippen molar-refractivity contribution in [1.82, 2.24) is 14.5 Å². The largest absolute Gasteiger partial charge is 0.453 e. The summed E-state index contributed by atoms with van der Waals surface area (Å²) in [5.41, 5.74) is 6.06. The van der Waals surface area contributed by atoms with Crippen molar-refractivity contribution >= 4 is 44.7 Å². The van der Waals surface area contributed by atoms with E-state index >= 15 is 4.39 Å². The molecule has 3 aromatic heterocycles. The second-order valence-corrected chi connectivity index (χ2v) is 10.4. The molecular formula is C28H21F2N5O3S. The molecule has 0 aliphatic heterocycles. The zero-order valence-corrected chi connectivity index (χ0v) is 21.4. The highest BCUT2D eigenvalue weighted by Gasteiger charge is 2.57. The molecule has 196 valence electrons. The number of nitrogens with two attached hydrogens (primary N) is 1. The Bertz CT molecular complexity index is 1740. The van der Waals surface area contributed by atoms with E-state index in [0.717, 1.165) is 21.3 Å². The molecular weight excluding hydrogens is 524 g/mol. The molecule has 2 N–H and O–H groups in total. The minimum absolute atomic E-state index is 0.0680. The fourth-order valence-corrected chi connectivity index (χ4v) is 5.40. The number of thiophene rings is 1. The number of halogens is 2. The predicted octanol–water partition coefficient (Wildman–Crippen LogP) is 5.70. The van der Waals surface area contributed by atoms with Crippen molar-refractivity contribution in [1.29, 1.82) is 0 Å². The molecule has 1 saturated carbocycles. The Morgan fingerprint density at radius 2 is 1.77 bits per heavy atom. The van der Waals surface area contributed by atoms with Gasteiger partial charge in [0.1, 0.15) is 17.0 Å². The van der Waals surface area contributed by atoms with Crippen LogP contribution in [-0.4, -0.2) is 26.3 Å². The lowest BCUT2D eigenvalue weighted by atomic mass is 10.0. The van der Waals surface area contributed by atoms with Gasteiger partial charge in [-0.05, 0) is 55.3 Å². The van der Waals surface area contributed by atoms with Gasteiger partial charge in [0.2, 0.25) is 11.8 Å². The van der Waals surface area contributed by atoms with Crippen LogP contribution < -0.4 is 15.4 Å². The third-order valence-corrected chi connectivity index (χ3v) is 7.81. The van der Waals surface area contributed by atoms with Gasteiger partial charge in [0.05, 0.1) is 32.8 Å². The molecule has 2 aromatic carbocycles. The predicted molar refractivity (Wildman–Crippen MR) is 143 cm³/mol. The van der Waals surface area contributed by atoms with Gasteiger partial charge in [0, 0.05) is 37.3 Å². The van der Waals surface area contributed by atoms with Gasteiger partial charge in [-0.3, -0.25) is 19.5 Å². The summed E-state index contributed by atoms with van der Waals surface area (Å²) in [5, 5.41) is 0. The van der Waals surface area contributed by atoms with Crippen LogP contribution in [0.2, 0.25) is 0 Å². The molecule has 0 radical (unpaired) electrons. The van der Waals surface area contributed by atoms with E-state index in [1.165, 1.54) is 52.6 Å². The highest BCUT2D eigenvalue weighted by molar-refractivity contribution is 7.22. The van der Waals surface area contributed by atoms with Crippen LogP contribution in [-0.2, 0) is 16.6 Å². The number of aromatic nitrogens is 3. The molecule has 2 amide bonds. The Hall–Kier alpha value is -4.64. The van der Waals surface area contributed by atoms with Crippen LogP contribution in [0.3, 0.4) is 0 Å². The van der Waals surface area contributed by atoms with E-state index in [2.05, 4.69) is 9.97 Å². The Morgan fingerprint density at radius 3 is 2.41 bits per heavy atom.